The van der Waals surface area contributed by atoms with E-state index in [-0.39, 0.29) is 5.91 Å². The summed E-state index contributed by atoms with van der Waals surface area (Å²) in [5.74, 6) is 0.455. The van der Waals surface area contributed by atoms with Crippen molar-refractivity contribution in [2.75, 3.05) is 11.9 Å². The zero-order valence-electron chi connectivity index (χ0n) is 14.9. The molecule has 0 atom stereocenters. The van der Waals surface area contributed by atoms with E-state index in [1.807, 2.05) is 50.6 Å². The van der Waals surface area contributed by atoms with Crippen LogP contribution in [-0.2, 0) is 20.0 Å². The molecule has 4 rings (SSSR count). The number of rotatable bonds is 3. The van der Waals surface area contributed by atoms with Crippen LogP contribution in [0.15, 0.2) is 42.7 Å². The summed E-state index contributed by atoms with van der Waals surface area (Å²) in [6.45, 7) is 3.65. The Morgan fingerprint density at radius 1 is 1.27 bits per heavy atom. The van der Waals surface area contributed by atoms with Gasteiger partial charge in [0.05, 0.1) is 6.20 Å². The Labute approximate surface area is 152 Å². The number of hydrogen-bond donors (Lipinski definition) is 2. The highest BCUT2D eigenvalue weighted by atomic mass is 16.1. The van der Waals surface area contributed by atoms with Crippen molar-refractivity contribution in [3.8, 4) is 11.1 Å². The first-order valence-corrected chi connectivity index (χ1v) is 8.71. The van der Waals surface area contributed by atoms with Gasteiger partial charge in [0.2, 0.25) is 0 Å². The normalized spacial score (nSPS) is 13.3. The summed E-state index contributed by atoms with van der Waals surface area (Å²) in [6.07, 6.45) is 4.63. The topological polar surface area (TPSA) is 71.8 Å². The van der Waals surface area contributed by atoms with Crippen LogP contribution in [0, 0.1) is 6.92 Å². The Kier molecular flexibility index (Phi) is 4.26. The zero-order valence-corrected chi connectivity index (χ0v) is 14.9. The lowest BCUT2D eigenvalue weighted by Gasteiger charge is -2.20. The van der Waals surface area contributed by atoms with Gasteiger partial charge < -0.3 is 10.6 Å². The molecule has 3 heterocycles. The predicted molar refractivity (Wildman–Crippen MR) is 101 cm³/mol. The van der Waals surface area contributed by atoms with Crippen LogP contribution in [0.3, 0.4) is 0 Å². The van der Waals surface area contributed by atoms with Crippen LogP contribution in [0.4, 0.5) is 5.82 Å². The van der Waals surface area contributed by atoms with Crippen molar-refractivity contribution in [2.45, 2.75) is 19.9 Å². The molecule has 2 aromatic heterocycles. The Morgan fingerprint density at radius 3 is 2.92 bits per heavy atom. The predicted octanol–water partition coefficient (Wildman–Crippen LogP) is 2.69. The molecule has 0 unspecified atom stereocenters. The third kappa shape index (κ3) is 3.11. The summed E-state index contributed by atoms with van der Waals surface area (Å²) in [7, 11) is 1.89. The first-order chi connectivity index (χ1) is 12.6. The van der Waals surface area contributed by atoms with Crippen LogP contribution in [0.5, 0.6) is 0 Å². The SMILES string of the molecule is Cc1nc(NC(=O)c2cccc3c2CCNC3)ccc1-c1cnn(C)c1. The van der Waals surface area contributed by atoms with Crippen molar-refractivity contribution in [1.82, 2.24) is 20.1 Å². The number of carbonyl (C=O) groups excluding carboxylic acids is 1. The average Bonchev–Trinajstić information content (AvgIpc) is 3.07. The van der Waals surface area contributed by atoms with E-state index in [0.29, 0.717) is 5.82 Å². The van der Waals surface area contributed by atoms with E-state index in [0.717, 1.165) is 47.5 Å². The van der Waals surface area contributed by atoms with Crippen molar-refractivity contribution >= 4 is 11.7 Å². The lowest BCUT2D eigenvalue weighted by atomic mass is 9.95. The standard InChI is InChI=1S/C20H21N5O/c1-13-16(15-11-22-25(2)12-15)6-7-19(23-13)24-20(26)18-5-3-4-14-10-21-9-8-17(14)18/h3-7,11-12,21H,8-10H2,1-2H3,(H,23,24,26). The quantitative estimate of drug-likeness (QED) is 0.764. The molecule has 0 aliphatic carbocycles. The van der Waals surface area contributed by atoms with Crippen LogP contribution in [0.25, 0.3) is 11.1 Å². The second-order valence-corrected chi connectivity index (χ2v) is 6.56. The average molecular weight is 347 g/mol. The first-order valence-electron chi connectivity index (χ1n) is 8.71. The number of hydrogen-bond acceptors (Lipinski definition) is 4. The number of carbonyl (C=O) groups is 1. The highest BCUT2D eigenvalue weighted by molar-refractivity contribution is 6.05. The van der Waals surface area contributed by atoms with Gasteiger partial charge in [0.15, 0.2) is 0 Å². The fraction of sp³-hybridized carbons (Fsp3) is 0.250. The summed E-state index contributed by atoms with van der Waals surface area (Å²) < 4.78 is 1.76. The monoisotopic (exact) mass is 347 g/mol. The number of fused-ring (bicyclic) bond motifs is 1. The molecule has 0 radical (unpaired) electrons. The van der Waals surface area contributed by atoms with Gasteiger partial charge >= 0.3 is 0 Å². The molecule has 6 heteroatoms. The van der Waals surface area contributed by atoms with Crippen molar-refractivity contribution in [3.63, 3.8) is 0 Å². The van der Waals surface area contributed by atoms with Gasteiger partial charge in [-0.2, -0.15) is 5.10 Å². The summed E-state index contributed by atoms with van der Waals surface area (Å²) in [5, 5.41) is 10.5. The molecule has 1 aliphatic rings. The molecule has 0 bridgehead atoms. The van der Waals surface area contributed by atoms with E-state index in [2.05, 4.69) is 26.8 Å². The lowest BCUT2D eigenvalue weighted by molar-refractivity contribution is 0.102. The Morgan fingerprint density at radius 2 is 2.15 bits per heavy atom. The van der Waals surface area contributed by atoms with Gasteiger partial charge in [0, 0.05) is 42.2 Å². The third-order valence-corrected chi connectivity index (χ3v) is 4.73. The summed E-state index contributed by atoms with van der Waals surface area (Å²) in [4.78, 5) is 17.3. The molecule has 1 amide bonds. The minimum atomic E-state index is -0.107. The maximum absolute atomic E-state index is 12.8. The van der Waals surface area contributed by atoms with Crippen LogP contribution in [-0.4, -0.2) is 27.2 Å². The van der Waals surface area contributed by atoms with Crippen LogP contribution in [0.2, 0.25) is 0 Å². The van der Waals surface area contributed by atoms with Crippen LogP contribution >= 0.6 is 0 Å². The van der Waals surface area contributed by atoms with Gasteiger partial charge in [-0.3, -0.25) is 9.48 Å². The minimum Gasteiger partial charge on any atom is -0.312 e. The lowest BCUT2D eigenvalue weighted by Crippen LogP contribution is -2.26. The molecule has 132 valence electrons. The minimum absolute atomic E-state index is 0.107. The molecule has 3 aromatic rings. The van der Waals surface area contributed by atoms with Gasteiger partial charge in [0.25, 0.3) is 5.91 Å². The summed E-state index contributed by atoms with van der Waals surface area (Å²) in [6, 6.07) is 9.70. The highest BCUT2D eigenvalue weighted by Gasteiger charge is 2.18. The number of anilines is 1. The van der Waals surface area contributed by atoms with E-state index >= 15 is 0 Å². The van der Waals surface area contributed by atoms with Gasteiger partial charge in [-0.1, -0.05) is 12.1 Å². The molecule has 1 aromatic carbocycles. The molecule has 0 fully saturated rings. The molecule has 0 spiro atoms. The maximum Gasteiger partial charge on any atom is 0.257 e. The number of aryl methyl sites for hydroxylation is 2. The van der Waals surface area contributed by atoms with Gasteiger partial charge in [-0.05, 0) is 49.2 Å². The number of nitrogens with one attached hydrogen (secondary N) is 2. The van der Waals surface area contributed by atoms with Gasteiger partial charge in [-0.25, -0.2) is 4.98 Å². The van der Waals surface area contributed by atoms with Crippen LogP contribution < -0.4 is 10.6 Å². The summed E-state index contributed by atoms with van der Waals surface area (Å²) >= 11 is 0. The van der Waals surface area contributed by atoms with Crippen molar-refractivity contribution in [1.29, 1.82) is 0 Å². The maximum atomic E-state index is 12.8. The Hall–Kier alpha value is -2.99. The fourth-order valence-electron chi connectivity index (χ4n) is 3.42. The second-order valence-electron chi connectivity index (χ2n) is 6.56. The second kappa shape index (κ2) is 6.72. The molecular weight excluding hydrogens is 326 g/mol. The van der Waals surface area contributed by atoms with Crippen molar-refractivity contribution in [3.05, 3.63) is 65.1 Å². The van der Waals surface area contributed by atoms with E-state index < -0.39 is 0 Å². The number of pyridine rings is 1. The van der Waals surface area contributed by atoms with Gasteiger partial charge in [0.1, 0.15) is 5.82 Å². The Bertz CT molecular complexity index is 976. The number of nitrogens with zero attached hydrogens (tertiary/aromatic N) is 3. The van der Waals surface area contributed by atoms with Crippen molar-refractivity contribution < 1.29 is 4.79 Å². The molecule has 0 saturated carbocycles. The number of amides is 1. The molecule has 26 heavy (non-hydrogen) atoms. The molecule has 6 nitrogen and oxygen atoms in total. The van der Waals surface area contributed by atoms with Crippen LogP contribution in [0.1, 0.15) is 27.2 Å². The fourth-order valence-corrected chi connectivity index (χ4v) is 3.42. The zero-order chi connectivity index (χ0) is 18.1. The van der Waals surface area contributed by atoms with Crippen molar-refractivity contribution in [2.24, 2.45) is 7.05 Å². The molecule has 2 N–H and O–H groups in total. The van der Waals surface area contributed by atoms with E-state index in [9.17, 15) is 4.79 Å². The largest absolute Gasteiger partial charge is 0.312 e. The summed E-state index contributed by atoms with van der Waals surface area (Å²) in [5.41, 5.74) is 5.95. The van der Waals surface area contributed by atoms with E-state index in [1.54, 1.807) is 4.68 Å². The molecule has 0 saturated heterocycles. The number of benzene rings is 1. The van der Waals surface area contributed by atoms with Gasteiger partial charge in [-0.15, -0.1) is 0 Å². The highest BCUT2D eigenvalue weighted by Crippen LogP contribution is 2.24. The van der Waals surface area contributed by atoms with E-state index in [4.69, 9.17) is 0 Å². The first kappa shape index (κ1) is 16.5. The number of aromatic nitrogens is 3. The smallest absolute Gasteiger partial charge is 0.257 e. The molecular formula is C20H21N5O. The third-order valence-electron chi connectivity index (χ3n) is 4.73. The molecule has 1 aliphatic heterocycles. The Balaban J connectivity index is 1.58. The van der Waals surface area contributed by atoms with E-state index in [1.165, 1.54) is 5.56 Å².